The van der Waals surface area contributed by atoms with Crippen LogP contribution in [0.5, 0.6) is 0 Å². The van der Waals surface area contributed by atoms with E-state index in [0.29, 0.717) is 17.4 Å². The van der Waals surface area contributed by atoms with Gasteiger partial charge in [-0.05, 0) is 12.8 Å². The van der Waals surface area contributed by atoms with Crippen molar-refractivity contribution in [2.45, 2.75) is 142 Å². The summed E-state index contributed by atoms with van der Waals surface area (Å²) in [6.45, 7) is 6.91. The molecule has 0 aromatic carbocycles. The van der Waals surface area contributed by atoms with Gasteiger partial charge in [-0.25, -0.2) is 0 Å². The summed E-state index contributed by atoms with van der Waals surface area (Å²) in [6.07, 6.45) is 22.2. The number of likely N-dealkylation sites (N-methyl/N-ethyl adjacent to an activating group) is 1. The second kappa shape index (κ2) is 24.2. The number of carbonyl (C=O) groups is 1. The highest BCUT2D eigenvalue weighted by Crippen LogP contribution is 2.14. The molecule has 1 amide bonds. The van der Waals surface area contributed by atoms with E-state index in [4.69, 9.17) is 0 Å². The van der Waals surface area contributed by atoms with E-state index in [9.17, 15) is 15.0 Å². The fraction of sp³-hybridized carbons (Fsp3) is 0.963. The van der Waals surface area contributed by atoms with Gasteiger partial charge in [0.1, 0.15) is 0 Å². The first kappa shape index (κ1) is 39.4. The average molecular weight is 545 g/mol. The van der Waals surface area contributed by atoms with Crippen LogP contribution in [0.25, 0.3) is 0 Å². The van der Waals surface area contributed by atoms with E-state index >= 15 is 0 Å². The maximum atomic E-state index is 12.4. The third kappa shape index (κ3) is 28.3. The Balaban J connectivity index is -0.00000512. The maximum absolute atomic E-state index is 12.4. The molecule has 214 valence electrons. The van der Waals surface area contributed by atoms with Gasteiger partial charge in [0, 0.05) is 13.3 Å². The number of nitrogens with one attached hydrogen (secondary N) is 1. The van der Waals surface area contributed by atoms with E-state index in [1.54, 1.807) is 0 Å². The summed E-state index contributed by atoms with van der Waals surface area (Å²) in [5, 5.41) is 23.3. The Kier molecular flexibility index (Phi) is 27.3. The second-order valence-electron chi connectivity index (χ2n) is 11.0. The molecule has 0 heterocycles. The van der Waals surface area contributed by atoms with E-state index in [1.807, 2.05) is 6.92 Å². The Morgan fingerprint density at radius 2 is 1.14 bits per heavy atom. The second-order valence-corrected chi connectivity index (χ2v) is 11.0. The molecule has 0 bridgehead atoms. The number of nitrogens with zero attached hydrogens (tertiary/aromatic N) is 1. The van der Waals surface area contributed by atoms with Gasteiger partial charge in [0.15, 0.2) is 12.7 Å². The highest BCUT2D eigenvalue weighted by Gasteiger charge is 2.27. The van der Waals surface area contributed by atoms with Crippen LogP contribution in [-0.2, 0) is 4.79 Å². The molecule has 6 nitrogen and oxygen atoms in total. The molecule has 0 rings (SSSR count). The zero-order chi connectivity index (χ0) is 25.0. The first-order valence-electron chi connectivity index (χ1n) is 14.0. The predicted molar refractivity (Wildman–Crippen MR) is 138 cm³/mol. The molecule has 1 unspecified atom stereocenters. The van der Waals surface area contributed by atoms with Gasteiger partial charge in [0.05, 0.1) is 20.6 Å². The zero-order valence-electron chi connectivity index (χ0n) is 23.6. The smallest absolute Gasteiger partial charge is 0.309 e. The molecule has 0 aliphatic rings. The van der Waals surface area contributed by atoms with Crippen LogP contribution in [-0.4, -0.2) is 59.9 Å². The zero-order valence-corrected chi connectivity index (χ0v) is 25.1. The number of aliphatic hydroxyl groups is 2. The normalized spacial score (nSPS) is 12.5. The van der Waals surface area contributed by atoms with Gasteiger partial charge in [-0.1, -0.05) is 104 Å². The Bertz CT molecular complexity index is 475. The molecule has 0 radical (unpaired) electrons. The lowest BCUT2D eigenvalue weighted by Crippen LogP contribution is -3.03. The van der Waals surface area contributed by atoms with Gasteiger partial charge in [0.2, 0.25) is 0 Å². The summed E-state index contributed by atoms with van der Waals surface area (Å²) in [6, 6.07) is 0. The number of unbranched alkanes of at least 4 members (excludes halogenated alkanes) is 15. The lowest BCUT2D eigenvalue weighted by atomic mass is 10.0. The predicted octanol–water partition coefficient (Wildman–Crippen LogP) is -1.59. The van der Waals surface area contributed by atoms with Crippen molar-refractivity contribution in [3.05, 3.63) is 0 Å². The highest BCUT2D eigenvalue weighted by molar-refractivity contribution is 5.77. The van der Waals surface area contributed by atoms with Crippen LogP contribution in [0, 0.1) is 0 Å². The van der Waals surface area contributed by atoms with Crippen LogP contribution in [0.2, 0.25) is 0 Å². The fourth-order valence-electron chi connectivity index (χ4n) is 4.45. The molecule has 5 N–H and O–H groups in total. The molecule has 0 saturated carbocycles. The first-order chi connectivity index (χ1) is 15.6. The number of hydrogen-bond donors (Lipinski definition) is 4. The van der Waals surface area contributed by atoms with Crippen molar-refractivity contribution in [1.82, 2.24) is 5.32 Å². The molecule has 0 aliphatic carbocycles. The maximum Gasteiger partial charge on any atom is 0.309 e. The third-order valence-electron chi connectivity index (χ3n) is 6.49. The van der Waals surface area contributed by atoms with Gasteiger partial charge in [-0.15, -0.1) is 0 Å². The van der Waals surface area contributed by atoms with E-state index in [1.165, 1.54) is 109 Å². The largest absolute Gasteiger partial charge is 1.00 e. The van der Waals surface area contributed by atoms with Crippen LogP contribution in [0.4, 0.5) is 0 Å². The minimum absolute atomic E-state index is 0. The van der Waals surface area contributed by atoms with Crippen LogP contribution < -0.4 is 35.4 Å². The molecule has 0 aromatic heterocycles. The van der Waals surface area contributed by atoms with Crippen molar-refractivity contribution in [3.8, 4) is 0 Å². The van der Waals surface area contributed by atoms with Gasteiger partial charge in [0.25, 0.3) is 5.91 Å². The molecule has 0 aromatic rings. The first-order valence-corrected chi connectivity index (χ1v) is 14.0. The van der Waals surface area contributed by atoms with Crippen LogP contribution >= 0.6 is 0 Å². The van der Waals surface area contributed by atoms with Crippen molar-refractivity contribution in [3.63, 3.8) is 0 Å². The molecule has 0 spiro atoms. The van der Waals surface area contributed by atoms with Gasteiger partial charge in [-0.3, -0.25) is 10.1 Å². The van der Waals surface area contributed by atoms with Crippen LogP contribution in [0.1, 0.15) is 130 Å². The number of carbonyl (C=O) groups excluding carboxylic acids is 1. The van der Waals surface area contributed by atoms with Crippen molar-refractivity contribution in [2.24, 2.45) is 0 Å². The molecule has 1 atom stereocenters. The lowest BCUT2D eigenvalue weighted by Gasteiger charge is -2.30. The minimum Gasteiger partial charge on any atom is -1.00 e. The molecule has 0 fully saturated rings. The summed E-state index contributed by atoms with van der Waals surface area (Å²) in [5.41, 5.74) is 0. The van der Waals surface area contributed by atoms with Gasteiger partial charge < -0.3 is 44.8 Å². The van der Waals surface area contributed by atoms with E-state index in [-0.39, 0.29) is 36.9 Å². The standard InChI is InChI=1S/C27H57N3O3.2ClH/c1-6-8-9-10-11-12-13-14-15-16-17-18-19-20-21-22-23-30(4,5)24-26(31)28-25(7-2)29-27(3,32)33;;/h25,29,32-33H,6-24H2,1-5H3;2*1H. The molecule has 0 saturated heterocycles. The van der Waals surface area contributed by atoms with Crippen LogP contribution in [0.3, 0.4) is 0 Å². The highest BCUT2D eigenvalue weighted by atomic mass is 35.5. The monoisotopic (exact) mass is 543 g/mol. The SMILES string of the molecule is CCCCCCCCCCCCCCCCCC[N+](C)(C)CC(=O)NC(CC)[NH2+]C(C)(O)O.[Cl-].[Cl-]. The Labute approximate surface area is 229 Å². The fourth-order valence-corrected chi connectivity index (χ4v) is 4.45. The van der Waals surface area contributed by atoms with Gasteiger partial charge >= 0.3 is 5.91 Å². The van der Waals surface area contributed by atoms with E-state index in [0.717, 1.165) is 13.0 Å². The molecule has 35 heavy (non-hydrogen) atoms. The molecular formula is C27H59Cl2N3O3. The summed E-state index contributed by atoms with van der Waals surface area (Å²) < 4.78 is 0.663. The molecule has 8 heteroatoms. The summed E-state index contributed by atoms with van der Waals surface area (Å²) in [7, 11) is 4.19. The van der Waals surface area contributed by atoms with Crippen LogP contribution in [0.15, 0.2) is 0 Å². The quantitative estimate of drug-likeness (QED) is 0.0711. The Morgan fingerprint density at radius 3 is 1.49 bits per heavy atom. The Morgan fingerprint density at radius 1 is 0.771 bits per heavy atom. The minimum atomic E-state index is -1.87. The summed E-state index contributed by atoms with van der Waals surface area (Å²) in [5.74, 6) is -1.91. The van der Waals surface area contributed by atoms with Gasteiger partial charge in [-0.2, -0.15) is 0 Å². The average Bonchev–Trinajstić information content (AvgIpc) is 2.71. The Hall–Kier alpha value is -0.110. The number of quaternary nitrogens is 2. The summed E-state index contributed by atoms with van der Waals surface area (Å²) in [4.78, 5) is 12.4. The topological polar surface area (TPSA) is 86.2 Å². The van der Waals surface area contributed by atoms with E-state index < -0.39 is 5.91 Å². The summed E-state index contributed by atoms with van der Waals surface area (Å²) >= 11 is 0. The number of halogens is 2. The number of hydrogen-bond acceptors (Lipinski definition) is 3. The molecular weight excluding hydrogens is 485 g/mol. The number of amides is 1. The van der Waals surface area contributed by atoms with Crippen molar-refractivity contribution < 1.29 is 49.6 Å². The third-order valence-corrected chi connectivity index (χ3v) is 6.49. The van der Waals surface area contributed by atoms with Crippen molar-refractivity contribution in [1.29, 1.82) is 0 Å². The van der Waals surface area contributed by atoms with Crippen molar-refractivity contribution in [2.75, 3.05) is 27.2 Å². The van der Waals surface area contributed by atoms with Crippen molar-refractivity contribution >= 4 is 5.91 Å². The lowest BCUT2D eigenvalue weighted by molar-refractivity contribution is -0.883. The number of nitrogens with two attached hydrogens (primary N) is 1. The number of rotatable bonds is 23. The molecule has 0 aliphatic heterocycles. The van der Waals surface area contributed by atoms with E-state index in [2.05, 4.69) is 26.3 Å².